The second-order valence-electron chi connectivity index (χ2n) is 3.71. The van der Waals surface area contributed by atoms with Gasteiger partial charge in [0, 0.05) is 20.6 Å². The minimum Gasteiger partial charge on any atom is -0.382 e. The molecule has 0 aliphatic rings. The van der Waals surface area contributed by atoms with Crippen LogP contribution in [0, 0.1) is 0 Å². The maximum Gasteiger partial charge on any atom is 0.241 e. The highest BCUT2D eigenvalue weighted by Crippen LogP contribution is 2.37. The molecule has 0 aromatic carbocycles. The van der Waals surface area contributed by atoms with Crippen molar-refractivity contribution < 1.29 is 4.79 Å². The highest BCUT2D eigenvalue weighted by molar-refractivity contribution is 7.99. The molecule has 5 nitrogen and oxygen atoms in total. The van der Waals surface area contributed by atoms with Crippen LogP contribution in [0.25, 0.3) is 0 Å². The monoisotopic (exact) mass is 274 g/mol. The average molecular weight is 274 g/mol. The molecule has 1 aromatic heterocycles. The molecule has 0 unspecified atom stereocenters. The van der Waals surface area contributed by atoms with E-state index in [2.05, 4.69) is 4.37 Å². The summed E-state index contributed by atoms with van der Waals surface area (Å²) in [5.41, 5.74) is 5.79. The molecule has 0 saturated carbocycles. The van der Waals surface area contributed by atoms with E-state index in [1.54, 1.807) is 30.8 Å². The summed E-state index contributed by atoms with van der Waals surface area (Å²) in [5, 5.41) is 0.979. The molecule has 1 amide bonds. The fourth-order valence-corrected chi connectivity index (χ4v) is 3.06. The first kappa shape index (κ1) is 14.1. The Hall–Kier alpha value is -0.950. The Balaban J connectivity index is 2.90. The Bertz CT molecular complexity index is 392. The largest absolute Gasteiger partial charge is 0.382 e. The molecule has 2 N–H and O–H groups in total. The molecule has 0 spiro atoms. The SMILES string of the molecule is CCN(CC(=O)N(C)C)c1snc(N)c1SC. The van der Waals surface area contributed by atoms with E-state index in [0.717, 1.165) is 16.4 Å². The number of nitrogen functional groups attached to an aromatic ring is 1. The van der Waals surface area contributed by atoms with Gasteiger partial charge in [-0.1, -0.05) is 0 Å². The fourth-order valence-electron chi connectivity index (χ4n) is 1.31. The summed E-state index contributed by atoms with van der Waals surface area (Å²) in [6.45, 7) is 3.14. The normalized spacial score (nSPS) is 10.4. The predicted octanol–water partition coefficient (Wildman–Crippen LogP) is 1.36. The van der Waals surface area contributed by atoms with Crippen LogP contribution in [0.4, 0.5) is 10.8 Å². The molecule has 0 radical (unpaired) electrons. The number of nitrogens with zero attached hydrogens (tertiary/aromatic N) is 3. The standard InChI is InChI=1S/C10H18N4OS2/c1-5-14(6-7(15)13(2)3)10-8(16-4)9(11)12-17-10/h5-6H2,1-4H3,(H2,11,12). The number of thioether (sulfide) groups is 1. The zero-order valence-electron chi connectivity index (χ0n) is 10.6. The molecule has 1 aromatic rings. The van der Waals surface area contributed by atoms with Gasteiger partial charge >= 0.3 is 0 Å². The first-order valence-electron chi connectivity index (χ1n) is 5.25. The van der Waals surface area contributed by atoms with E-state index in [9.17, 15) is 4.79 Å². The summed E-state index contributed by atoms with van der Waals surface area (Å²) in [7, 11) is 3.51. The van der Waals surface area contributed by atoms with Gasteiger partial charge in [-0.2, -0.15) is 4.37 Å². The number of anilines is 2. The quantitative estimate of drug-likeness (QED) is 0.822. The molecule has 0 aliphatic carbocycles. The van der Waals surface area contributed by atoms with Crippen molar-refractivity contribution in [1.82, 2.24) is 9.27 Å². The minimum atomic E-state index is 0.0749. The number of rotatable bonds is 5. The average Bonchev–Trinajstić information content (AvgIpc) is 2.66. The van der Waals surface area contributed by atoms with Crippen LogP contribution in [0.3, 0.4) is 0 Å². The number of carbonyl (C=O) groups is 1. The van der Waals surface area contributed by atoms with Gasteiger partial charge in [0.25, 0.3) is 0 Å². The first-order chi connectivity index (χ1) is 8.01. The summed E-state index contributed by atoms with van der Waals surface area (Å²) >= 11 is 2.91. The van der Waals surface area contributed by atoms with Crippen molar-refractivity contribution in [2.24, 2.45) is 0 Å². The van der Waals surface area contributed by atoms with Crippen LogP contribution in [-0.2, 0) is 4.79 Å². The molecular formula is C10H18N4OS2. The summed E-state index contributed by atoms with van der Waals surface area (Å²) in [6, 6.07) is 0. The van der Waals surface area contributed by atoms with E-state index in [1.807, 2.05) is 18.1 Å². The summed E-state index contributed by atoms with van der Waals surface area (Å²) in [5.74, 6) is 0.624. The van der Waals surface area contributed by atoms with Gasteiger partial charge in [0.15, 0.2) is 5.82 Å². The molecule has 17 heavy (non-hydrogen) atoms. The van der Waals surface area contributed by atoms with Crippen LogP contribution >= 0.6 is 23.3 Å². The number of aromatic nitrogens is 1. The molecule has 96 valence electrons. The van der Waals surface area contributed by atoms with Crippen LogP contribution in [0.2, 0.25) is 0 Å². The number of amides is 1. The third kappa shape index (κ3) is 3.26. The zero-order valence-corrected chi connectivity index (χ0v) is 12.2. The maximum atomic E-state index is 11.7. The van der Waals surface area contributed by atoms with Crippen molar-refractivity contribution in [2.45, 2.75) is 11.8 Å². The topological polar surface area (TPSA) is 62.5 Å². The van der Waals surface area contributed by atoms with Crippen molar-refractivity contribution in [3.63, 3.8) is 0 Å². The molecule has 0 aliphatic heterocycles. The minimum absolute atomic E-state index is 0.0749. The molecule has 0 saturated heterocycles. The predicted molar refractivity (Wildman–Crippen MR) is 74.9 cm³/mol. The second kappa shape index (κ2) is 6.11. The first-order valence-corrected chi connectivity index (χ1v) is 7.25. The smallest absolute Gasteiger partial charge is 0.241 e. The van der Waals surface area contributed by atoms with Crippen molar-refractivity contribution in [3.8, 4) is 0 Å². The molecule has 7 heteroatoms. The Morgan fingerprint density at radius 2 is 2.18 bits per heavy atom. The summed E-state index contributed by atoms with van der Waals surface area (Å²) in [6.07, 6.45) is 1.96. The van der Waals surface area contributed by atoms with E-state index in [1.165, 1.54) is 11.5 Å². The lowest BCUT2D eigenvalue weighted by atomic mass is 10.4. The summed E-state index contributed by atoms with van der Waals surface area (Å²) < 4.78 is 4.14. The van der Waals surface area contributed by atoms with Gasteiger partial charge < -0.3 is 15.5 Å². The lowest BCUT2D eigenvalue weighted by Gasteiger charge is -2.23. The molecule has 0 bridgehead atoms. The van der Waals surface area contributed by atoms with E-state index in [4.69, 9.17) is 5.73 Å². The van der Waals surface area contributed by atoms with Crippen molar-refractivity contribution in [1.29, 1.82) is 0 Å². The second-order valence-corrected chi connectivity index (χ2v) is 5.28. The summed E-state index contributed by atoms with van der Waals surface area (Å²) in [4.78, 5) is 16.3. The molecule has 0 atom stereocenters. The van der Waals surface area contributed by atoms with Gasteiger partial charge in [-0.05, 0) is 24.7 Å². The van der Waals surface area contributed by atoms with Crippen molar-refractivity contribution in [3.05, 3.63) is 0 Å². The van der Waals surface area contributed by atoms with Crippen LogP contribution in [0.15, 0.2) is 4.90 Å². The van der Waals surface area contributed by atoms with Crippen LogP contribution in [-0.4, -0.2) is 48.6 Å². The fraction of sp³-hybridized carbons (Fsp3) is 0.600. The van der Waals surface area contributed by atoms with Crippen molar-refractivity contribution >= 4 is 40.0 Å². The van der Waals surface area contributed by atoms with Gasteiger partial charge in [-0.3, -0.25) is 4.79 Å². The Morgan fingerprint density at radius 3 is 2.65 bits per heavy atom. The lowest BCUT2D eigenvalue weighted by Crippen LogP contribution is -2.36. The van der Waals surface area contributed by atoms with E-state index < -0.39 is 0 Å². The number of hydrogen-bond donors (Lipinski definition) is 1. The zero-order chi connectivity index (χ0) is 13.0. The number of hydrogen-bond acceptors (Lipinski definition) is 6. The van der Waals surface area contributed by atoms with Gasteiger partial charge in [-0.25, -0.2) is 0 Å². The van der Waals surface area contributed by atoms with Gasteiger partial charge in [0.2, 0.25) is 5.91 Å². The molecular weight excluding hydrogens is 256 g/mol. The maximum absolute atomic E-state index is 11.7. The highest BCUT2D eigenvalue weighted by atomic mass is 32.2. The third-order valence-corrected chi connectivity index (χ3v) is 4.22. The van der Waals surface area contributed by atoms with Gasteiger partial charge in [0.05, 0.1) is 11.4 Å². The molecule has 1 heterocycles. The van der Waals surface area contributed by atoms with E-state index >= 15 is 0 Å². The van der Waals surface area contributed by atoms with Crippen molar-refractivity contribution in [2.75, 3.05) is 44.1 Å². The third-order valence-electron chi connectivity index (χ3n) is 2.36. The molecule has 1 rings (SSSR count). The van der Waals surface area contributed by atoms with Crippen LogP contribution < -0.4 is 10.6 Å². The Morgan fingerprint density at radius 1 is 1.53 bits per heavy atom. The number of likely N-dealkylation sites (N-methyl/N-ethyl adjacent to an activating group) is 2. The molecule has 0 fully saturated rings. The van der Waals surface area contributed by atoms with E-state index in [-0.39, 0.29) is 5.91 Å². The Labute approximate surface area is 110 Å². The number of carbonyl (C=O) groups excluding carboxylic acids is 1. The van der Waals surface area contributed by atoms with Crippen LogP contribution in [0.1, 0.15) is 6.92 Å². The number of nitrogens with two attached hydrogens (primary N) is 1. The van der Waals surface area contributed by atoms with Gasteiger partial charge in [0.1, 0.15) is 5.00 Å². The lowest BCUT2D eigenvalue weighted by molar-refractivity contribution is -0.127. The van der Waals surface area contributed by atoms with E-state index in [0.29, 0.717) is 12.4 Å². The van der Waals surface area contributed by atoms with Crippen LogP contribution in [0.5, 0.6) is 0 Å². The Kier molecular flexibility index (Phi) is 5.07. The van der Waals surface area contributed by atoms with Gasteiger partial charge in [-0.15, -0.1) is 11.8 Å². The highest BCUT2D eigenvalue weighted by Gasteiger charge is 2.19.